The molecule has 8 nitrogen and oxygen atoms in total. The summed E-state index contributed by atoms with van der Waals surface area (Å²) in [6, 6.07) is 5.96. The van der Waals surface area contributed by atoms with Gasteiger partial charge in [-0.3, -0.25) is 14.5 Å². The van der Waals surface area contributed by atoms with Crippen molar-refractivity contribution in [2.24, 2.45) is 0 Å². The van der Waals surface area contributed by atoms with Gasteiger partial charge >= 0.3 is 12.0 Å². The zero-order chi connectivity index (χ0) is 20.6. The van der Waals surface area contributed by atoms with Gasteiger partial charge in [-0.25, -0.2) is 9.59 Å². The number of amides is 4. The molecular weight excluding hydrogens is 374 g/mol. The van der Waals surface area contributed by atoms with Gasteiger partial charge in [0.05, 0.1) is 18.7 Å². The summed E-state index contributed by atoms with van der Waals surface area (Å²) in [4.78, 5) is 48.2. The summed E-state index contributed by atoms with van der Waals surface area (Å²) in [5, 5.41) is 5.21. The predicted molar refractivity (Wildman–Crippen MR) is 105 cm³/mol. The van der Waals surface area contributed by atoms with Gasteiger partial charge in [0, 0.05) is 6.54 Å². The molecule has 1 aliphatic carbocycles. The van der Waals surface area contributed by atoms with Crippen LogP contribution in [0.15, 0.2) is 35.9 Å². The summed E-state index contributed by atoms with van der Waals surface area (Å²) in [5.74, 6) is -1.22. The van der Waals surface area contributed by atoms with Crippen LogP contribution in [0.2, 0.25) is 0 Å². The third-order valence-electron chi connectivity index (χ3n) is 4.96. The molecule has 154 valence electrons. The number of imide groups is 1. The average Bonchev–Trinajstić information content (AvgIpc) is 3.05. The van der Waals surface area contributed by atoms with Gasteiger partial charge in [0.1, 0.15) is 0 Å². The smallest absolute Gasteiger partial charge is 0.338 e. The molecule has 0 aromatic heterocycles. The maximum atomic E-state index is 12.1. The first-order valence-electron chi connectivity index (χ1n) is 9.82. The Hall–Kier alpha value is -3.16. The summed E-state index contributed by atoms with van der Waals surface area (Å²) < 4.78 is 5.05. The van der Waals surface area contributed by atoms with Crippen LogP contribution in [0.3, 0.4) is 0 Å². The monoisotopic (exact) mass is 399 g/mol. The molecule has 0 spiro atoms. The molecule has 0 atom stereocenters. The molecule has 0 unspecified atom stereocenters. The van der Waals surface area contributed by atoms with Crippen LogP contribution in [0.25, 0.3) is 0 Å². The summed E-state index contributed by atoms with van der Waals surface area (Å²) in [6.45, 7) is 0.351. The Labute approximate surface area is 169 Å². The van der Waals surface area contributed by atoms with Crippen molar-refractivity contribution in [1.29, 1.82) is 0 Å². The number of esters is 1. The number of carbonyl (C=O) groups excluding carboxylic acids is 4. The standard InChI is InChI=1S/C21H25N3O5/c25-18(22-11-10-15-4-2-1-3-5-15)14-29-20(27)17-8-6-16(7-9-17)13-24-19(26)12-23-21(24)28/h4,6-9H,1-3,5,10-14H2,(H,22,25)(H,23,28). The van der Waals surface area contributed by atoms with E-state index in [-0.39, 0.29) is 31.5 Å². The van der Waals surface area contributed by atoms with E-state index in [2.05, 4.69) is 16.7 Å². The number of carbonyl (C=O) groups is 4. The second-order valence-electron chi connectivity index (χ2n) is 7.12. The first-order chi connectivity index (χ1) is 14.0. The molecule has 0 saturated carbocycles. The number of allylic oxidation sites excluding steroid dienone is 1. The summed E-state index contributed by atoms with van der Waals surface area (Å²) >= 11 is 0. The topological polar surface area (TPSA) is 105 Å². The maximum absolute atomic E-state index is 12.1. The highest BCUT2D eigenvalue weighted by molar-refractivity contribution is 6.01. The van der Waals surface area contributed by atoms with E-state index in [1.165, 1.54) is 18.4 Å². The second-order valence-corrected chi connectivity index (χ2v) is 7.12. The SMILES string of the molecule is O=C(COC(=O)c1ccc(CN2C(=O)CNC2=O)cc1)NCCC1=CCCCC1. The molecule has 1 aromatic rings. The van der Waals surface area contributed by atoms with E-state index in [9.17, 15) is 19.2 Å². The highest BCUT2D eigenvalue weighted by Crippen LogP contribution is 2.19. The molecule has 1 heterocycles. The molecule has 2 N–H and O–H groups in total. The van der Waals surface area contributed by atoms with E-state index < -0.39 is 12.0 Å². The van der Waals surface area contributed by atoms with Crippen molar-refractivity contribution in [2.75, 3.05) is 19.7 Å². The Morgan fingerprint density at radius 3 is 2.59 bits per heavy atom. The normalized spacial score (nSPS) is 16.3. The van der Waals surface area contributed by atoms with Crippen molar-refractivity contribution in [3.05, 3.63) is 47.0 Å². The van der Waals surface area contributed by atoms with Crippen LogP contribution in [-0.2, 0) is 20.9 Å². The molecule has 2 aliphatic rings. The predicted octanol–water partition coefficient (Wildman–Crippen LogP) is 1.90. The van der Waals surface area contributed by atoms with E-state index in [4.69, 9.17) is 4.74 Å². The first kappa shape index (κ1) is 20.6. The van der Waals surface area contributed by atoms with Gasteiger partial charge in [0.25, 0.3) is 5.91 Å². The molecule has 29 heavy (non-hydrogen) atoms. The van der Waals surface area contributed by atoms with E-state index in [1.807, 2.05) is 0 Å². The van der Waals surface area contributed by atoms with Crippen LogP contribution >= 0.6 is 0 Å². The van der Waals surface area contributed by atoms with Crippen LogP contribution in [0.4, 0.5) is 4.79 Å². The number of nitrogens with one attached hydrogen (secondary N) is 2. The molecule has 4 amide bonds. The molecule has 3 rings (SSSR count). The Morgan fingerprint density at radius 1 is 1.14 bits per heavy atom. The highest BCUT2D eigenvalue weighted by Gasteiger charge is 2.28. The second kappa shape index (κ2) is 9.86. The minimum absolute atomic E-state index is 0.00288. The van der Waals surface area contributed by atoms with Crippen molar-refractivity contribution in [2.45, 2.75) is 38.6 Å². The van der Waals surface area contributed by atoms with Crippen LogP contribution in [0, 0.1) is 0 Å². The molecule has 1 aromatic carbocycles. The lowest BCUT2D eigenvalue weighted by Crippen LogP contribution is -2.30. The lowest BCUT2D eigenvalue weighted by atomic mass is 9.97. The molecule has 8 heteroatoms. The third kappa shape index (κ3) is 5.91. The number of hydrogen-bond donors (Lipinski definition) is 2. The van der Waals surface area contributed by atoms with E-state index in [0.717, 1.165) is 24.2 Å². The number of urea groups is 1. The maximum Gasteiger partial charge on any atom is 0.338 e. The minimum Gasteiger partial charge on any atom is -0.452 e. The number of rotatable bonds is 8. The highest BCUT2D eigenvalue weighted by atomic mass is 16.5. The number of nitrogens with zero attached hydrogens (tertiary/aromatic N) is 1. The number of benzene rings is 1. The third-order valence-corrected chi connectivity index (χ3v) is 4.96. The Kier molecular flexibility index (Phi) is 6.99. The van der Waals surface area contributed by atoms with Crippen molar-refractivity contribution < 1.29 is 23.9 Å². The quantitative estimate of drug-likeness (QED) is 0.395. The van der Waals surface area contributed by atoms with E-state index in [0.29, 0.717) is 17.7 Å². The van der Waals surface area contributed by atoms with Gasteiger partial charge in [0.15, 0.2) is 6.61 Å². The average molecular weight is 399 g/mol. The molecule has 0 radical (unpaired) electrons. The van der Waals surface area contributed by atoms with Gasteiger partial charge in [-0.05, 0) is 49.8 Å². The molecular formula is C21H25N3O5. The fourth-order valence-corrected chi connectivity index (χ4v) is 3.30. The van der Waals surface area contributed by atoms with Gasteiger partial charge in [-0.1, -0.05) is 23.8 Å². The van der Waals surface area contributed by atoms with Gasteiger partial charge in [-0.2, -0.15) is 0 Å². The fourth-order valence-electron chi connectivity index (χ4n) is 3.30. The summed E-state index contributed by atoms with van der Waals surface area (Å²) in [6.07, 6.45) is 7.72. The Balaban J connectivity index is 1.39. The molecule has 0 bridgehead atoms. The van der Waals surface area contributed by atoms with Gasteiger partial charge in [-0.15, -0.1) is 0 Å². The largest absolute Gasteiger partial charge is 0.452 e. The summed E-state index contributed by atoms with van der Waals surface area (Å²) in [5.41, 5.74) is 2.38. The van der Waals surface area contributed by atoms with Crippen molar-refractivity contribution in [3.8, 4) is 0 Å². The number of ether oxygens (including phenoxy) is 1. The fraction of sp³-hybridized carbons (Fsp3) is 0.429. The van der Waals surface area contributed by atoms with Gasteiger partial charge < -0.3 is 15.4 Å². The van der Waals surface area contributed by atoms with Crippen molar-refractivity contribution >= 4 is 23.8 Å². The molecule has 1 saturated heterocycles. The minimum atomic E-state index is -0.600. The van der Waals surface area contributed by atoms with Crippen LogP contribution < -0.4 is 10.6 Å². The van der Waals surface area contributed by atoms with Crippen LogP contribution in [0.1, 0.15) is 48.0 Å². The van der Waals surface area contributed by atoms with E-state index >= 15 is 0 Å². The molecule has 1 aliphatic heterocycles. The zero-order valence-electron chi connectivity index (χ0n) is 16.2. The van der Waals surface area contributed by atoms with Crippen LogP contribution in [-0.4, -0.2) is 48.4 Å². The first-order valence-corrected chi connectivity index (χ1v) is 9.82. The number of hydrogen-bond acceptors (Lipinski definition) is 5. The lowest BCUT2D eigenvalue weighted by Gasteiger charge is -2.13. The Bertz CT molecular complexity index is 800. The van der Waals surface area contributed by atoms with Crippen LogP contribution in [0.5, 0.6) is 0 Å². The van der Waals surface area contributed by atoms with E-state index in [1.54, 1.807) is 24.3 Å². The Morgan fingerprint density at radius 2 is 1.93 bits per heavy atom. The molecule has 1 fully saturated rings. The van der Waals surface area contributed by atoms with Gasteiger partial charge in [0.2, 0.25) is 5.91 Å². The zero-order valence-corrected chi connectivity index (χ0v) is 16.2. The summed E-state index contributed by atoms with van der Waals surface area (Å²) in [7, 11) is 0. The van der Waals surface area contributed by atoms with Crippen molar-refractivity contribution in [3.63, 3.8) is 0 Å². The van der Waals surface area contributed by atoms with Crippen molar-refractivity contribution in [1.82, 2.24) is 15.5 Å². The lowest BCUT2D eigenvalue weighted by molar-refractivity contribution is -0.125.